The lowest BCUT2D eigenvalue weighted by molar-refractivity contribution is 0.325. The summed E-state index contributed by atoms with van der Waals surface area (Å²) in [5.41, 5.74) is 13.8. The van der Waals surface area contributed by atoms with Gasteiger partial charge in [0.1, 0.15) is 0 Å². The maximum atomic E-state index is 14.8. The fourth-order valence-corrected chi connectivity index (χ4v) is 15.4. The standard InChI is InChI=1S/C65H46N2O8/c1-31(2)64-43-18-12-13-19-44(43)65(32(3)4,47-28-55-54(27-46(47)64)72-50-23-34-35(24-51(50)73-55)59(69)66(7)58(34)68)49-30-57-56(29-48(49)64)74-52-25-36-37(26-53(52)75-57)61(71)67(60(36)70)33-20-21-42-45(22-33)63(6)40-16-10-8-14-38(40)62(42,5)39-15-9-11-17-41(39)63/h8-32H,1-7H3. The molecule has 4 bridgehead atoms. The van der Waals surface area contributed by atoms with Crippen molar-refractivity contribution in [2.75, 3.05) is 0 Å². The van der Waals surface area contributed by atoms with E-state index in [9.17, 15) is 19.2 Å². The summed E-state index contributed by atoms with van der Waals surface area (Å²) in [6.45, 7) is 13.5. The molecule has 4 aromatic heterocycles. The van der Waals surface area contributed by atoms with Crippen LogP contribution >= 0.6 is 0 Å². The molecule has 10 nitrogen and oxygen atoms in total. The van der Waals surface area contributed by atoms with Crippen molar-refractivity contribution in [3.05, 3.63) is 248 Å². The van der Waals surface area contributed by atoms with Gasteiger partial charge in [-0.25, -0.2) is 4.57 Å². The monoisotopic (exact) mass is 982 g/mol. The predicted octanol–water partition coefficient (Wildman–Crippen LogP) is 12.5. The second kappa shape index (κ2) is 13.5. The molecule has 4 heterocycles. The fraction of sp³-hybridized carbons (Fsp3) is 0.200. The molecule has 0 aliphatic heterocycles. The predicted molar refractivity (Wildman–Crippen MR) is 290 cm³/mol. The van der Waals surface area contributed by atoms with E-state index in [0.717, 1.165) is 32.4 Å². The lowest BCUT2D eigenvalue weighted by atomic mass is 9.42. The van der Waals surface area contributed by atoms with Gasteiger partial charge < -0.3 is 17.7 Å². The first-order valence-electron chi connectivity index (χ1n) is 25.7. The molecule has 6 aliphatic rings. The molecule has 0 fully saturated rings. The smallest absolute Gasteiger partial charge is 0.266 e. The van der Waals surface area contributed by atoms with Crippen molar-refractivity contribution in [2.24, 2.45) is 18.9 Å². The highest BCUT2D eigenvalue weighted by atomic mass is 16.4. The first-order chi connectivity index (χ1) is 36.1. The molecule has 0 radical (unpaired) electrons. The van der Waals surface area contributed by atoms with Crippen LogP contribution in [0.25, 0.3) is 71.9 Å². The van der Waals surface area contributed by atoms with E-state index in [2.05, 4.69) is 151 Å². The third-order valence-corrected chi connectivity index (χ3v) is 18.7. The Kier molecular flexibility index (Phi) is 7.69. The third-order valence-electron chi connectivity index (χ3n) is 18.7. The summed E-state index contributed by atoms with van der Waals surface area (Å²) in [6, 6.07) is 47.0. The number of nitrogens with zero attached hydrogens (tertiary/aromatic N) is 2. The van der Waals surface area contributed by atoms with Crippen LogP contribution < -0.4 is 22.2 Å². The van der Waals surface area contributed by atoms with E-state index >= 15 is 0 Å². The van der Waals surface area contributed by atoms with Crippen LogP contribution in [0.4, 0.5) is 0 Å². The van der Waals surface area contributed by atoms with E-state index in [1.165, 1.54) is 50.6 Å². The normalized spacial score (nSPS) is 21.7. The quantitative estimate of drug-likeness (QED) is 0.160. The van der Waals surface area contributed by atoms with Gasteiger partial charge in [0.05, 0.1) is 27.2 Å². The molecule has 75 heavy (non-hydrogen) atoms. The van der Waals surface area contributed by atoms with E-state index < -0.39 is 32.8 Å². The Hall–Kier alpha value is -8.76. The van der Waals surface area contributed by atoms with E-state index in [1.807, 2.05) is 6.07 Å². The summed E-state index contributed by atoms with van der Waals surface area (Å²) < 4.78 is 29.5. The SMILES string of the molecule is CC(C)C12c3ccccc3C(C(C)C)(c3cc4oc5cc6c(=O)n(C)c(=O)c6cc5oc4cc31)c1cc3oc4cc5c(=O)n(-c6ccc7c(c6)C6(C)c8ccccc8C7(C)c7ccccc76)c(=O)c5cc4oc3cc12. The van der Waals surface area contributed by atoms with Crippen molar-refractivity contribution in [1.29, 1.82) is 0 Å². The van der Waals surface area contributed by atoms with Gasteiger partial charge in [-0.3, -0.25) is 23.7 Å². The molecule has 6 aliphatic carbocycles. The minimum atomic E-state index is -0.716. The topological polar surface area (TPSA) is 131 Å². The zero-order chi connectivity index (χ0) is 51.1. The number of benzene rings is 8. The number of fused-ring (bicyclic) bond motifs is 6. The highest BCUT2D eigenvalue weighted by molar-refractivity contribution is 5.97. The Labute approximate surface area is 426 Å². The second-order valence-corrected chi connectivity index (χ2v) is 22.4. The Bertz CT molecular complexity index is 4690. The summed E-state index contributed by atoms with van der Waals surface area (Å²) in [7, 11) is 1.47. The number of aromatic nitrogens is 2. The van der Waals surface area contributed by atoms with Crippen LogP contribution in [0, 0.1) is 11.8 Å². The summed E-state index contributed by atoms with van der Waals surface area (Å²) >= 11 is 0. The summed E-state index contributed by atoms with van der Waals surface area (Å²) in [5.74, 6) is 0.000622. The van der Waals surface area contributed by atoms with Gasteiger partial charge in [0.15, 0.2) is 44.7 Å². The number of rotatable bonds is 3. The van der Waals surface area contributed by atoms with Crippen LogP contribution in [0.1, 0.15) is 108 Å². The van der Waals surface area contributed by atoms with Gasteiger partial charge in [0.2, 0.25) is 0 Å². The van der Waals surface area contributed by atoms with Crippen LogP contribution in [0.15, 0.2) is 176 Å². The van der Waals surface area contributed by atoms with Crippen molar-refractivity contribution in [3.8, 4) is 5.69 Å². The molecule has 0 amide bonds. The van der Waals surface area contributed by atoms with Gasteiger partial charge in [0, 0.05) is 28.7 Å². The molecular weight excluding hydrogens is 937 g/mol. The van der Waals surface area contributed by atoms with Gasteiger partial charge in [-0.15, -0.1) is 0 Å². The molecule has 0 spiro atoms. The number of hydrogen-bond donors (Lipinski definition) is 0. The van der Waals surface area contributed by atoms with Gasteiger partial charge >= 0.3 is 0 Å². The molecule has 12 aromatic rings. The molecule has 8 aromatic carbocycles. The maximum Gasteiger partial charge on any atom is 0.266 e. The minimum absolute atomic E-state index is 0.000311. The Morgan fingerprint density at radius 2 is 0.640 bits per heavy atom. The molecule has 18 rings (SSSR count). The fourth-order valence-electron chi connectivity index (χ4n) is 15.4. The Morgan fingerprint density at radius 1 is 0.347 bits per heavy atom. The molecule has 2 atom stereocenters. The zero-order valence-electron chi connectivity index (χ0n) is 42.1. The summed E-state index contributed by atoms with van der Waals surface area (Å²) in [6.07, 6.45) is 0. The Morgan fingerprint density at radius 3 is 0.987 bits per heavy atom. The van der Waals surface area contributed by atoms with Crippen LogP contribution in [-0.4, -0.2) is 9.13 Å². The van der Waals surface area contributed by atoms with Crippen molar-refractivity contribution >= 4 is 66.2 Å². The largest absolute Gasteiger partial charge is 0.449 e. The van der Waals surface area contributed by atoms with Crippen LogP contribution in [0.3, 0.4) is 0 Å². The van der Waals surface area contributed by atoms with E-state index in [0.29, 0.717) is 50.4 Å². The van der Waals surface area contributed by atoms with Crippen LogP contribution in [-0.2, 0) is 28.7 Å². The van der Waals surface area contributed by atoms with Crippen LogP contribution in [0.5, 0.6) is 0 Å². The van der Waals surface area contributed by atoms with E-state index in [4.69, 9.17) is 17.7 Å². The Balaban J connectivity index is 0.905. The number of hydrogen-bond acceptors (Lipinski definition) is 8. The van der Waals surface area contributed by atoms with Gasteiger partial charge in [0.25, 0.3) is 22.2 Å². The molecule has 364 valence electrons. The third kappa shape index (κ3) is 4.64. The van der Waals surface area contributed by atoms with E-state index in [1.54, 1.807) is 24.3 Å². The second-order valence-electron chi connectivity index (χ2n) is 22.4. The highest BCUT2D eigenvalue weighted by Crippen LogP contribution is 2.67. The van der Waals surface area contributed by atoms with Crippen LogP contribution in [0.2, 0.25) is 0 Å². The van der Waals surface area contributed by atoms with Gasteiger partial charge in [-0.05, 0) is 153 Å². The maximum absolute atomic E-state index is 14.8. The average molecular weight is 983 g/mol. The molecular formula is C65H46N2O8. The average Bonchev–Trinajstić information content (AvgIpc) is 3.99. The summed E-state index contributed by atoms with van der Waals surface area (Å²) in [5, 5.41) is 1.05. The van der Waals surface area contributed by atoms with Gasteiger partial charge in [-0.2, -0.15) is 0 Å². The first-order valence-corrected chi connectivity index (χ1v) is 25.7. The van der Waals surface area contributed by atoms with Crippen molar-refractivity contribution in [3.63, 3.8) is 0 Å². The van der Waals surface area contributed by atoms with Crippen molar-refractivity contribution < 1.29 is 17.7 Å². The lowest BCUT2D eigenvalue weighted by Gasteiger charge is -2.59. The molecule has 0 N–H and O–H groups in total. The molecule has 0 saturated carbocycles. The first kappa shape index (κ1) is 42.7. The van der Waals surface area contributed by atoms with Crippen molar-refractivity contribution in [1.82, 2.24) is 9.13 Å². The van der Waals surface area contributed by atoms with E-state index in [-0.39, 0.29) is 44.5 Å². The minimum Gasteiger partial charge on any atom is -0.449 e. The highest BCUT2D eigenvalue weighted by Gasteiger charge is 2.61. The molecule has 0 saturated heterocycles. The molecule has 2 unspecified atom stereocenters. The van der Waals surface area contributed by atoms with Gasteiger partial charge in [-0.1, -0.05) is 107 Å². The van der Waals surface area contributed by atoms with Crippen molar-refractivity contribution in [2.45, 2.75) is 63.2 Å². The summed E-state index contributed by atoms with van der Waals surface area (Å²) in [4.78, 5) is 55.7. The molecule has 10 heteroatoms. The lowest BCUT2D eigenvalue weighted by Crippen LogP contribution is -2.55. The zero-order valence-corrected chi connectivity index (χ0v) is 42.1.